The highest BCUT2D eigenvalue weighted by Crippen LogP contribution is 2.29. The van der Waals surface area contributed by atoms with Crippen LogP contribution >= 0.6 is 0 Å². The predicted octanol–water partition coefficient (Wildman–Crippen LogP) is 1.16. The summed E-state index contributed by atoms with van der Waals surface area (Å²) in [6, 6.07) is 4.11. The van der Waals surface area contributed by atoms with E-state index in [2.05, 4.69) is 14.8 Å². The van der Waals surface area contributed by atoms with Gasteiger partial charge in [0.15, 0.2) is 9.84 Å². The van der Waals surface area contributed by atoms with E-state index < -0.39 is 9.84 Å². The maximum Gasteiger partial charge on any atom is 0.179 e. The first-order chi connectivity index (χ1) is 9.55. The Morgan fingerprint density at radius 1 is 1.20 bits per heavy atom. The third kappa shape index (κ3) is 2.96. The summed E-state index contributed by atoms with van der Waals surface area (Å²) in [7, 11) is -3.23. The normalized spacial score (nSPS) is 21.8. The van der Waals surface area contributed by atoms with E-state index in [4.69, 9.17) is 0 Å². The van der Waals surface area contributed by atoms with Crippen molar-refractivity contribution in [3.8, 4) is 0 Å². The van der Waals surface area contributed by atoms with Gasteiger partial charge in [0.2, 0.25) is 0 Å². The van der Waals surface area contributed by atoms with Gasteiger partial charge >= 0.3 is 0 Å². The van der Waals surface area contributed by atoms with E-state index in [-0.39, 0.29) is 0 Å². The molecular weight excluding hydrogens is 274 g/mol. The standard InChI is InChI=1S/C14H21N3O2S/c1-20(18,19)13-4-2-7-15-14(13)17-9-3-8-16(10-11-17)12-5-6-12/h2,4,7,12H,3,5-6,8-11H2,1H3. The third-order valence-corrected chi connectivity index (χ3v) is 5.16. The van der Waals surface area contributed by atoms with Crippen LogP contribution in [0, 0.1) is 0 Å². The fraction of sp³-hybridized carbons (Fsp3) is 0.643. The molecule has 0 atom stereocenters. The molecule has 0 radical (unpaired) electrons. The smallest absolute Gasteiger partial charge is 0.179 e. The van der Waals surface area contributed by atoms with Gasteiger partial charge in [0, 0.05) is 44.7 Å². The number of aromatic nitrogens is 1. The van der Waals surface area contributed by atoms with Crippen LogP contribution in [0.1, 0.15) is 19.3 Å². The van der Waals surface area contributed by atoms with Gasteiger partial charge in [-0.05, 0) is 31.4 Å². The molecule has 110 valence electrons. The van der Waals surface area contributed by atoms with E-state index in [0.29, 0.717) is 10.7 Å². The lowest BCUT2D eigenvalue weighted by Gasteiger charge is -2.24. The van der Waals surface area contributed by atoms with Gasteiger partial charge in [-0.1, -0.05) is 0 Å². The van der Waals surface area contributed by atoms with E-state index in [1.807, 2.05) is 0 Å². The molecule has 1 aliphatic heterocycles. The molecule has 1 saturated heterocycles. The summed E-state index contributed by atoms with van der Waals surface area (Å²) < 4.78 is 23.8. The highest BCUT2D eigenvalue weighted by molar-refractivity contribution is 7.90. The SMILES string of the molecule is CS(=O)(=O)c1cccnc1N1CCCN(C2CC2)CC1. The summed E-state index contributed by atoms with van der Waals surface area (Å²) in [5.41, 5.74) is 0. The van der Waals surface area contributed by atoms with Crippen molar-refractivity contribution < 1.29 is 8.42 Å². The van der Waals surface area contributed by atoms with E-state index in [1.54, 1.807) is 18.3 Å². The van der Waals surface area contributed by atoms with Gasteiger partial charge in [-0.15, -0.1) is 0 Å². The minimum atomic E-state index is -3.23. The Hall–Kier alpha value is -1.14. The van der Waals surface area contributed by atoms with E-state index in [9.17, 15) is 8.42 Å². The van der Waals surface area contributed by atoms with Gasteiger partial charge in [0.05, 0.1) is 0 Å². The van der Waals surface area contributed by atoms with Crippen LogP contribution < -0.4 is 4.90 Å². The van der Waals surface area contributed by atoms with E-state index in [0.717, 1.165) is 38.6 Å². The molecule has 0 amide bonds. The predicted molar refractivity (Wildman–Crippen MR) is 78.8 cm³/mol. The molecule has 0 N–H and O–H groups in total. The monoisotopic (exact) mass is 295 g/mol. The first kappa shape index (κ1) is 13.8. The van der Waals surface area contributed by atoms with Crippen molar-refractivity contribution in [1.29, 1.82) is 0 Å². The highest BCUT2D eigenvalue weighted by atomic mass is 32.2. The van der Waals surface area contributed by atoms with Gasteiger partial charge in [0.1, 0.15) is 10.7 Å². The van der Waals surface area contributed by atoms with Crippen molar-refractivity contribution in [2.75, 3.05) is 37.3 Å². The number of hydrogen-bond donors (Lipinski definition) is 0. The van der Waals surface area contributed by atoms with Crippen molar-refractivity contribution in [1.82, 2.24) is 9.88 Å². The number of rotatable bonds is 3. The molecule has 2 aliphatic rings. The zero-order valence-electron chi connectivity index (χ0n) is 11.8. The van der Waals surface area contributed by atoms with E-state index >= 15 is 0 Å². The molecule has 1 aliphatic carbocycles. The molecule has 0 bridgehead atoms. The molecular formula is C14H21N3O2S. The molecule has 3 rings (SSSR count). The lowest BCUT2D eigenvalue weighted by Crippen LogP contribution is -2.33. The number of hydrogen-bond acceptors (Lipinski definition) is 5. The third-order valence-electron chi connectivity index (χ3n) is 4.04. The topological polar surface area (TPSA) is 53.5 Å². The largest absolute Gasteiger partial charge is 0.354 e. The Labute approximate surface area is 120 Å². The maximum atomic E-state index is 11.9. The Kier molecular flexibility index (Phi) is 3.69. The number of pyridine rings is 1. The highest BCUT2D eigenvalue weighted by Gasteiger charge is 2.30. The number of nitrogens with zero attached hydrogens (tertiary/aromatic N) is 3. The molecule has 1 aromatic heterocycles. The van der Waals surface area contributed by atoms with Gasteiger partial charge in [-0.2, -0.15) is 0 Å². The molecule has 6 heteroatoms. The molecule has 1 aromatic rings. The fourth-order valence-electron chi connectivity index (χ4n) is 2.86. The van der Waals surface area contributed by atoms with Gasteiger partial charge < -0.3 is 4.90 Å². The quantitative estimate of drug-likeness (QED) is 0.837. The van der Waals surface area contributed by atoms with Crippen LogP contribution in [0.2, 0.25) is 0 Å². The van der Waals surface area contributed by atoms with Crippen molar-refractivity contribution in [2.45, 2.75) is 30.2 Å². The van der Waals surface area contributed by atoms with Gasteiger partial charge in [-0.25, -0.2) is 13.4 Å². The molecule has 2 heterocycles. The molecule has 2 fully saturated rings. The van der Waals surface area contributed by atoms with Crippen molar-refractivity contribution in [3.63, 3.8) is 0 Å². The second-order valence-corrected chi connectivity index (χ2v) is 7.69. The minimum Gasteiger partial charge on any atom is -0.354 e. The first-order valence-corrected chi connectivity index (χ1v) is 9.09. The first-order valence-electron chi connectivity index (χ1n) is 7.20. The van der Waals surface area contributed by atoms with Gasteiger partial charge in [0.25, 0.3) is 0 Å². The van der Waals surface area contributed by atoms with Crippen LogP contribution in [0.15, 0.2) is 23.2 Å². The van der Waals surface area contributed by atoms with Crippen LogP contribution in [0.3, 0.4) is 0 Å². The maximum absolute atomic E-state index is 11.9. The summed E-state index contributed by atoms with van der Waals surface area (Å²) in [4.78, 5) is 9.33. The van der Waals surface area contributed by atoms with Crippen LogP contribution in [0.25, 0.3) is 0 Å². The number of sulfone groups is 1. The molecule has 20 heavy (non-hydrogen) atoms. The zero-order valence-corrected chi connectivity index (χ0v) is 12.6. The lowest BCUT2D eigenvalue weighted by molar-refractivity contribution is 0.283. The second-order valence-electron chi connectivity index (χ2n) is 5.71. The van der Waals surface area contributed by atoms with Crippen LogP contribution in [-0.4, -0.2) is 56.8 Å². The average molecular weight is 295 g/mol. The van der Waals surface area contributed by atoms with Gasteiger partial charge in [-0.3, -0.25) is 4.90 Å². The van der Waals surface area contributed by atoms with Crippen molar-refractivity contribution in [2.24, 2.45) is 0 Å². The Bertz CT molecular complexity index is 584. The van der Waals surface area contributed by atoms with E-state index in [1.165, 1.54) is 19.1 Å². The molecule has 0 aromatic carbocycles. The summed E-state index contributed by atoms with van der Waals surface area (Å²) in [6.45, 7) is 3.85. The number of anilines is 1. The minimum absolute atomic E-state index is 0.347. The summed E-state index contributed by atoms with van der Waals surface area (Å²) in [5.74, 6) is 0.618. The average Bonchev–Trinajstić information content (AvgIpc) is 3.24. The zero-order chi connectivity index (χ0) is 14.2. The summed E-state index contributed by atoms with van der Waals surface area (Å²) >= 11 is 0. The molecule has 0 spiro atoms. The van der Waals surface area contributed by atoms with Crippen LogP contribution in [0.5, 0.6) is 0 Å². The summed E-state index contributed by atoms with van der Waals surface area (Å²) in [5, 5.41) is 0. The molecule has 0 unspecified atom stereocenters. The van der Waals surface area contributed by atoms with Crippen molar-refractivity contribution >= 4 is 15.7 Å². The Morgan fingerprint density at radius 2 is 2.00 bits per heavy atom. The van der Waals surface area contributed by atoms with Crippen LogP contribution in [0.4, 0.5) is 5.82 Å². The molecule has 5 nitrogen and oxygen atoms in total. The Balaban J connectivity index is 1.82. The van der Waals surface area contributed by atoms with Crippen molar-refractivity contribution in [3.05, 3.63) is 18.3 Å². The summed E-state index contributed by atoms with van der Waals surface area (Å²) in [6.07, 6.45) is 6.63. The fourth-order valence-corrected chi connectivity index (χ4v) is 3.70. The van der Waals surface area contributed by atoms with Crippen LogP contribution in [-0.2, 0) is 9.84 Å². The lowest BCUT2D eigenvalue weighted by atomic mass is 10.3. The molecule has 1 saturated carbocycles. The Morgan fingerprint density at radius 3 is 2.70 bits per heavy atom. The second kappa shape index (κ2) is 5.33.